The van der Waals surface area contributed by atoms with Gasteiger partial charge in [-0.2, -0.15) is 4.31 Å². The number of rotatable bonds is 7. The molecule has 1 aromatic heterocycles. The summed E-state index contributed by atoms with van der Waals surface area (Å²) in [4.78, 5) is 9.34. The summed E-state index contributed by atoms with van der Waals surface area (Å²) in [6.07, 6.45) is 4.18. The molecule has 0 radical (unpaired) electrons. The minimum Gasteiger partial charge on any atom is -0.508 e. The molecule has 2 heterocycles. The first-order valence-electron chi connectivity index (χ1n) is 10.9. The quantitative estimate of drug-likeness (QED) is 0.572. The molecular weight excluding hydrogens is 424 g/mol. The highest BCUT2D eigenvalue weighted by atomic mass is 32.2. The van der Waals surface area contributed by atoms with Crippen LogP contribution in [-0.2, 0) is 22.9 Å². The van der Waals surface area contributed by atoms with Crippen molar-refractivity contribution in [1.82, 2.24) is 19.6 Å². The number of sulfonamides is 1. The van der Waals surface area contributed by atoms with Crippen LogP contribution in [0.25, 0.3) is 11.3 Å². The first-order valence-corrected chi connectivity index (χ1v) is 12.3. The van der Waals surface area contributed by atoms with E-state index in [2.05, 4.69) is 15.3 Å². The fourth-order valence-corrected chi connectivity index (χ4v) is 5.60. The summed E-state index contributed by atoms with van der Waals surface area (Å²) in [6.45, 7) is 3.69. The fraction of sp³-hybridized carbons (Fsp3) is 0.333. The zero-order valence-electron chi connectivity index (χ0n) is 18.1. The lowest BCUT2D eigenvalue weighted by Gasteiger charge is -2.32. The van der Waals surface area contributed by atoms with Crippen LogP contribution in [0.15, 0.2) is 65.7 Å². The van der Waals surface area contributed by atoms with E-state index in [0.717, 1.165) is 29.8 Å². The van der Waals surface area contributed by atoms with Gasteiger partial charge in [0.15, 0.2) is 0 Å². The van der Waals surface area contributed by atoms with Crippen LogP contribution in [0.1, 0.15) is 24.7 Å². The molecule has 0 unspecified atom stereocenters. The van der Waals surface area contributed by atoms with Crippen LogP contribution in [0.5, 0.6) is 5.75 Å². The minimum absolute atomic E-state index is 0.0864. The molecule has 32 heavy (non-hydrogen) atoms. The summed E-state index contributed by atoms with van der Waals surface area (Å²) in [5.74, 6) is 0.991. The third-order valence-electron chi connectivity index (χ3n) is 5.68. The van der Waals surface area contributed by atoms with Gasteiger partial charge in [-0.1, -0.05) is 24.3 Å². The van der Waals surface area contributed by atoms with E-state index in [0.29, 0.717) is 31.7 Å². The van der Waals surface area contributed by atoms with Gasteiger partial charge in [0, 0.05) is 43.9 Å². The number of aryl methyl sites for hydroxylation is 2. The third-order valence-corrected chi connectivity index (χ3v) is 7.69. The molecule has 0 spiro atoms. The fourth-order valence-electron chi connectivity index (χ4n) is 3.92. The summed E-state index contributed by atoms with van der Waals surface area (Å²) in [5, 5.41) is 12.6. The molecule has 4 rings (SSSR count). The Bertz CT molecular complexity index is 1170. The summed E-state index contributed by atoms with van der Waals surface area (Å²) in [5.41, 5.74) is 2.63. The Morgan fingerprint density at radius 1 is 1.12 bits per heavy atom. The number of aromatic hydroxyl groups is 1. The second-order valence-corrected chi connectivity index (χ2v) is 9.97. The van der Waals surface area contributed by atoms with E-state index in [1.54, 1.807) is 40.8 Å². The molecule has 168 valence electrons. The monoisotopic (exact) mass is 452 g/mol. The molecule has 0 saturated carbocycles. The molecule has 1 aliphatic rings. The predicted octanol–water partition coefficient (Wildman–Crippen LogP) is 3.01. The highest BCUT2D eigenvalue weighted by Crippen LogP contribution is 2.25. The second kappa shape index (κ2) is 9.77. The summed E-state index contributed by atoms with van der Waals surface area (Å²) < 4.78 is 28.0. The van der Waals surface area contributed by atoms with Gasteiger partial charge >= 0.3 is 0 Å². The lowest BCUT2D eigenvalue weighted by molar-refractivity contribution is 0.284. The van der Waals surface area contributed by atoms with Crippen molar-refractivity contribution in [3.8, 4) is 17.0 Å². The largest absolute Gasteiger partial charge is 0.508 e. The summed E-state index contributed by atoms with van der Waals surface area (Å²) >= 11 is 0. The Labute approximate surface area is 189 Å². The van der Waals surface area contributed by atoms with Crippen molar-refractivity contribution in [2.24, 2.45) is 0 Å². The second-order valence-electron chi connectivity index (χ2n) is 8.07. The number of phenolic OH excluding ortho intramolecular Hbond substituents is 1. The van der Waals surface area contributed by atoms with E-state index < -0.39 is 10.0 Å². The molecule has 2 aromatic carbocycles. The zero-order valence-corrected chi connectivity index (χ0v) is 18.9. The van der Waals surface area contributed by atoms with Crippen LogP contribution in [0, 0.1) is 0 Å². The zero-order chi connectivity index (χ0) is 22.6. The van der Waals surface area contributed by atoms with Gasteiger partial charge in [0.25, 0.3) is 0 Å². The standard InChI is InChI=1S/C24H28N4O3S/c1-18-17-25-14-15-28(18)32(30,31)22-6-3-5-20(16-22)23-12-13-26-24(27-23)7-2-4-19-8-10-21(29)11-9-19/h3,5-6,8-13,16,18,25,29H,2,4,7,14-15,17H2,1H3/t18-/m0/s1. The average Bonchev–Trinajstić information content (AvgIpc) is 2.81. The molecule has 2 N–H and O–H groups in total. The van der Waals surface area contributed by atoms with E-state index >= 15 is 0 Å². The van der Waals surface area contributed by atoms with Crippen LogP contribution in [0.3, 0.4) is 0 Å². The maximum atomic E-state index is 13.2. The highest BCUT2D eigenvalue weighted by molar-refractivity contribution is 7.89. The highest BCUT2D eigenvalue weighted by Gasteiger charge is 2.31. The Morgan fingerprint density at radius 3 is 2.72 bits per heavy atom. The average molecular weight is 453 g/mol. The van der Waals surface area contributed by atoms with E-state index in [9.17, 15) is 13.5 Å². The summed E-state index contributed by atoms with van der Waals surface area (Å²) in [7, 11) is -3.57. The number of benzene rings is 2. The van der Waals surface area contributed by atoms with Crippen molar-refractivity contribution in [2.45, 2.75) is 37.1 Å². The third kappa shape index (κ3) is 5.15. The molecule has 0 bridgehead atoms. The van der Waals surface area contributed by atoms with Crippen molar-refractivity contribution in [1.29, 1.82) is 0 Å². The van der Waals surface area contributed by atoms with Crippen molar-refractivity contribution in [3.05, 3.63) is 72.2 Å². The number of nitrogens with one attached hydrogen (secondary N) is 1. The van der Waals surface area contributed by atoms with E-state index in [1.807, 2.05) is 31.2 Å². The lowest BCUT2D eigenvalue weighted by Crippen LogP contribution is -2.52. The van der Waals surface area contributed by atoms with Gasteiger partial charge in [0.2, 0.25) is 10.0 Å². The molecule has 3 aromatic rings. The van der Waals surface area contributed by atoms with Crippen LogP contribution in [-0.4, -0.2) is 53.5 Å². The number of hydrogen-bond acceptors (Lipinski definition) is 6. The van der Waals surface area contributed by atoms with Crippen molar-refractivity contribution >= 4 is 10.0 Å². The number of nitrogens with zero attached hydrogens (tertiary/aromatic N) is 3. The number of piperazine rings is 1. The van der Waals surface area contributed by atoms with Crippen molar-refractivity contribution in [3.63, 3.8) is 0 Å². The Balaban J connectivity index is 1.49. The first kappa shape index (κ1) is 22.4. The van der Waals surface area contributed by atoms with Gasteiger partial charge in [-0.15, -0.1) is 0 Å². The number of aromatic nitrogens is 2. The Morgan fingerprint density at radius 2 is 1.94 bits per heavy atom. The maximum Gasteiger partial charge on any atom is 0.243 e. The Hall–Kier alpha value is -2.81. The molecular formula is C24H28N4O3S. The van der Waals surface area contributed by atoms with Gasteiger partial charge in [-0.25, -0.2) is 18.4 Å². The number of phenols is 1. The molecule has 7 nitrogen and oxygen atoms in total. The van der Waals surface area contributed by atoms with E-state index in [4.69, 9.17) is 0 Å². The van der Waals surface area contributed by atoms with Gasteiger partial charge in [0.1, 0.15) is 11.6 Å². The molecule has 0 amide bonds. The van der Waals surface area contributed by atoms with Gasteiger partial charge in [0.05, 0.1) is 10.6 Å². The van der Waals surface area contributed by atoms with Crippen LogP contribution in [0.4, 0.5) is 0 Å². The summed E-state index contributed by atoms with van der Waals surface area (Å²) in [6, 6.07) is 15.9. The SMILES string of the molecule is C[C@H]1CNCCN1S(=O)(=O)c1cccc(-c2ccnc(CCCc3ccc(O)cc3)n2)c1. The normalized spacial score (nSPS) is 17.3. The topological polar surface area (TPSA) is 95.4 Å². The molecule has 0 aliphatic carbocycles. The molecule has 1 saturated heterocycles. The smallest absolute Gasteiger partial charge is 0.243 e. The van der Waals surface area contributed by atoms with E-state index in [-0.39, 0.29) is 16.7 Å². The van der Waals surface area contributed by atoms with Crippen molar-refractivity contribution < 1.29 is 13.5 Å². The van der Waals surface area contributed by atoms with Gasteiger partial charge in [-0.05, 0) is 55.7 Å². The predicted molar refractivity (Wildman–Crippen MR) is 124 cm³/mol. The Kier molecular flexibility index (Phi) is 6.83. The minimum atomic E-state index is -3.57. The first-order chi connectivity index (χ1) is 15.4. The van der Waals surface area contributed by atoms with Gasteiger partial charge in [-0.3, -0.25) is 0 Å². The molecule has 1 aliphatic heterocycles. The van der Waals surface area contributed by atoms with E-state index in [1.165, 1.54) is 0 Å². The molecule has 1 fully saturated rings. The van der Waals surface area contributed by atoms with Gasteiger partial charge < -0.3 is 10.4 Å². The van der Waals surface area contributed by atoms with Crippen LogP contribution >= 0.6 is 0 Å². The molecule has 8 heteroatoms. The maximum absolute atomic E-state index is 13.2. The van der Waals surface area contributed by atoms with Crippen molar-refractivity contribution in [2.75, 3.05) is 19.6 Å². The molecule has 1 atom stereocenters. The number of hydrogen-bond donors (Lipinski definition) is 2. The van der Waals surface area contributed by atoms with Crippen LogP contribution in [0.2, 0.25) is 0 Å². The lowest BCUT2D eigenvalue weighted by atomic mass is 10.1. The van der Waals surface area contributed by atoms with Crippen LogP contribution < -0.4 is 5.32 Å².